The second-order valence-corrected chi connectivity index (χ2v) is 6.85. The molecule has 0 amide bonds. The Morgan fingerprint density at radius 2 is 1.83 bits per heavy atom. The van der Waals surface area contributed by atoms with Crippen LogP contribution < -0.4 is 0 Å². The SMILES string of the molecule is Cc1nnc(CN(CC(C)C)CC(C)(C)C)n1C. The lowest BCUT2D eigenvalue weighted by Crippen LogP contribution is -2.35. The quantitative estimate of drug-likeness (QED) is 0.808. The van der Waals surface area contributed by atoms with Crippen molar-refractivity contribution in [2.45, 2.75) is 48.1 Å². The molecule has 0 aliphatic carbocycles. The van der Waals surface area contributed by atoms with E-state index in [2.05, 4.69) is 54.3 Å². The van der Waals surface area contributed by atoms with Gasteiger partial charge in [-0.25, -0.2) is 0 Å². The van der Waals surface area contributed by atoms with Crippen LogP contribution in [0.2, 0.25) is 0 Å². The van der Waals surface area contributed by atoms with Gasteiger partial charge < -0.3 is 4.57 Å². The molecule has 1 aromatic heterocycles. The van der Waals surface area contributed by atoms with Gasteiger partial charge in [0.25, 0.3) is 0 Å². The van der Waals surface area contributed by atoms with E-state index in [0.29, 0.717) is 11.3 Å². The summed E-state index contributed by atoms with van der Waals surface area (Å²) in [6.45, 7) is 16.4. The van der Waals surface area contributed by atoms with Crippen LogP contribution in [0.25, 0.3) is 0 Å². The van der Waals surface area contributed by atoms with E-state index < -0.39 is 0 Å². The number of nitrogens with zero attached hydrogens (tertiary/aromatic N) is 4. The van der Waals surface area contributed by atoms with Crippen LogP contribution in [0.3, 0.4) is 0 Å². The summed E-state index contributed by atoms with van der Waals surface area (Å²) in [5.74, 6) is 2.70. The largest absolute Gasteiger partial charge is 0.317 e. The molecule has 0 bridgehead atoms. The molecule has 0 saturated carbocycles. The Morgan fingerprint density at radius 1 is 1.22 bits per heavy atom. The summed E-state index contributed by atoms with van der Waals surface area (Å²) in [6, 6.07) is 0. The van der Waals surface area contributed by atoms with E-state index in [1.807, 2.05) is 14.0 Å². The fourth-order valence-corrected chi connectivity index (χ4v) is 2.16. The molecule has 0 aliphatic rings. The Kier molecular flexibility index (Phi) is 4.91. The highest BCUT2D eigenvalue weighted by Gasteiger charge is 2.19. The molecule has 1 aromatic rings. The maximum atomic E-state index is 4.26. The third kappa shape index (κ3) is 4.77. The first-order chi connectivity index (χ1) is 8.19. The van der Waals surface area contributed by atoms with Crippen LogP contribution in [0.4, 0.5) is 0 Å². The molecule has 0 N–H and O–H groups in total. The standard InChI is InChI=1S/C14H28N4/c1-11(2)8-18(10-14(4,5)6)9-13-16-15-12(3)17(13)7/h11H,8-10H2,1-7H3. The number of rotatable bonds is 5. The molecule has 4 nitrogen and oxygen atoms in total. The lowest BCUT2D eigenvalue weighted by molar-refractivity contribution is 0.162. The van der Waals surface area contributed by atoms with E-state index in [-0.39, 0.29) is 0 Å². The predicted octanol–water partition coefficient (Wildman–Crippen LogP) is 2.63. The highest BCUT2D eigenvalue weighted by molar-refractivity contribution is 4.92. The van der Waals surface area contributed by atoms with Crippen molar-refractivity contribution < 1.29 is 0 Å². The fourth-order valence-electron chi connectivity index (χ4n) is 2.16. The lowest BCUT2D eigenvalue weighted by Gasteiger charge is -2.30. The zero-order valence-electron chi connectivity index (χ0n) is 13.0. The molecule has 0 aliphatic heterocycles. The number of hydrogen-bond donors (Lipinski definition) is 0. The minimum absolute atomic E-state index is 0.308. The smallest absolute Gasteiger partial charge is 0.146 e. The van der Waals surface area contributed by atoms with Crippen molar-refractivity contribution in [3.63, 3.8) is 0 Å². The Morgan fingerprint density at radius 3 is 2.22 bits per heavy atom. The summed E-state index contributed by atoms with van der Waals surface area (Å²) in [7, 11) is 2.04. The van der Waals surface area contributed by atoms with Crippen LogP contribution >= 0.6 is 0 Å². The molecule has 4 heteroatoms. The zero-order valence-corrected chi connectivity index (χ0v) is 13.0. The van der Waals surface area contributed by atoms with Gasteiger partial charge in [-0.1, -0.05) is 34.6 Å². The van der Waals surface area contributed by atoms with Gasteiger partial charge in [-0.15, -0.1) is 10.2 Å². The van der Waals surface area contributed by atoms with Crippen molar-refractivity contribution in [3.05, 3.63) is 11.6 Å². The molecule has 0 fully saturated rings. The van der Waals surface area contributed by atoms with Crippen LogP contribution in [0.15, 0.2) is 0 Å². The summed E-state index contributed by atoms with van der Waals surface area (Å²) < 4.78 is 2.08. The van der Waals surface area contributed by atoms with Crippen molar-refractivity contribution in [2.75, 3.05) is 13.1 Å². The number of hydrogen-bond acceptors (Lipinski definition) is 3. The zero-order chi connectivity index (χ0) is 13.9. The first-order valence-electron chi connectivity index (χ1n) is 6.76. The first kappa shape index (κ1) is 15.2. The van der Waals surface area contributed by atoms with Crippen molar-refractivity contribution in [2.24, 2.45) is 18.4 Å². The van der Waals surface area contributed by atoms with Crippen LogP contribution in [0, 0.1) is 18.3 Å². The van der Waals surface area contributed by atoms with E-state index in [0.717, 1.165) is 31.3 Å². The van der Waals surface area contributed by atoms with Gasteiger partial charge >= 0.3 is 0 Å². The molecule has 0 atom stereocenters. The highest BCUT2D eigenvalue weighted by atomic mass is 15.3. The van der Waals surface area contributed by atoms with Crippen LogP contribution in [-0.2, 0) is 13.6 Å². The van der Waals surface area contributed by atoms with Gasteiger partial charge in [0.2, 0.25) is 0 Å². The van der Waals surface area contributed by atoms with Gasteiger partial charge in [-0.05, 0) is 18.3 Å². The maximum absolute atomic E-state index is 4.26. The Labute approximate surface area is 111 Å². The highest BCUT2D eigenvalue weighted by Crippen LogP contribution is 2.18. The third-order valence-corrected chi connectivity index (χ3v) is 2.87. The predicted molar refractivity (Wildman–Crippen MR) is 75.3 cm³/mol. The average molecular weight is 252 g/mol. The molecule has 0 radical (unpaired) electrons. The maximum Gasteiger partial charge on any atom is 0.146 e. The monoisotopic (exact) mass is 252 g/mol. The average Bonchev–Trinajstić information content (AvgIpc) is 2.46. The van der Waals surface area contributed by atoms with Crippen LogP contribution in [0.1, 0.15) is 46.3 Å². The normalized spacial score (nSPS) is 12.7. The molecular formula is C14H28N4. The Balaban J connectivity index is 2.75. The minimum atomic E-state index is 0.308. The van der Waals surface area contributed by atoms with Crippen molar-refractivity contribution in [1.82, 2.24) is 19.7 Å². The van der Waals surface area contributed by atoms with Gasteiger partial charge in [0, 0.05) is 20.1 Å². The van der Waals surface area contributed by atoms with Crippen LogP contribution in [-0.4, -0.2) is 32.8 Å². The third-order valence-electron chi connectivity index (χ3n) is 2.87. The summed E-state index contributed by atoms with van der Waals surface area (Å²) in [5.41, 5.74) is 0.308. The second-order valence-electron chi connectivity index (χ2n) is 6.85. The van der Waals surface area contributed by atoms with E-state index >= 15 is 0 Å². The molecular weight excluding hydrogens is 224 g/mol. The van der Waals surface area contributed by atoms with Crippen molar-refractivity contribution in [3.8, 4) is 0 Å². The van der Waals surface area contributed by atoms with E-state index in [1.165, 1.54) is 0 Å². The Hall–Kier alpha value is -0.900. The summed E-state index contributed by atoms with van der Waals surface area (Å²) in [5, 5.41) is 8.39. The second kappa shape index (κ2) is 5.83. The molecule has 18 heavy (non-hydrogen) atoms. The fraction of sp³-hybridized carbons (Fsp3) is 0.857. The first-order valence-corrected chi connectivity index (χ1v) is 6.76. The molecule has 0 aromatic carbocycles. The van der Waals surface area contributed by atoms with E-state index in [9.17, 15) is 0 Å². The van der Waals surface area contributed by atoms with Crippen molar-refractivity contribution in [1.29, 1.82) is 0 Å². The summed E-state index contributed by atoms with van der Waals surface area (Å²) in [6.07, 6.45) is 0. The molecule has 0 unspecified atom stereocenters. The molecule has 1 heterocycles. The summed E-state index contributed by atoms with van der Waals surface area (Å²) >= 11 is 0. The van der Waals surface area contributed by atoms with Crippen LogP contribution in [0.5, 0.6) is 0 Å². The molecule has 104 valence electrons. The van der Waals surface area contributed by atoms with Crippen molar-refractivity contribution >= 4 is 0 Å². The van der Waals surface area contributed by atoms with Gasteiger partial charge in [-0.2, -0.15) is 0 Å². The van der Waals surface area contributed by atoms with E-state index in [4.69, 9.17) is 0 Å². The number of aromatic nitrogens is 3. The summed E-state index contributed by atoms with van der Waals surface area (Å²) in [4.78, 5) is 2.48. The molecule has 0 saturated heterocycles. The van der Waals surface area contributed by atoms with E-state index in [1.54, 1.807) is 0 Å². The Bertz CT molecular complexity index is 374. The molecule has 0 spiro atoms. The molecule has 1 rings (SSSR count). The van der Waals surface area contributed by atoms with Gasteiger partial charge in [-0.3, -0.25) is 4.90 Å². The number of aryl methyl sites for hydroxylation is 1. The van der Waals surface area contributed by atoms with Gasteiger partial charge in [0.05, 0.1) is 6.54 Å². The van der Waals surface area contributed by atoms with Gasteiger partial charge in [0.15, 0.2) is 0 Å². The van der Waals surface area contributed by atoms with Gasteiger partial charge in [0.1, 0.15) is 11.6 Å². The topological polar surface area (TPSA) is 34.0 Å². The lowest BCUT2D eigenvalue weighted by atomic mass is 9.95. The minimum Gasteiger partial charge on any atom is -0.317 e.